The first kappa shape index (κ1) is 12.3. The van der Waals surface area contributed by atoms with Crippen molar-refractivity contribution < 1.29 is 4.79 Å². The van der Waals surface area contributed by atoms with Crippen LogP contribution in [0.1, 0.15) is 20.8 Å². The number of aromatic amines is 1. The molecule has 90 valence electrons. The van der Waals surface area contributed by atoms with E-state index in [2.05, 4.69) is 20.5 Å². The highest BCUT2D eigenvalue weighted by Gasteiger charge is 2.18. The Kier molecular flexibility index (Phi) is 4.10. The number of aromatic nitrogens is 3. The van der Waals surface area contributed by atoms with Crippen molar-refractivity contribution in [3.05, 3.63) is 0 Å². The summed E-state index contributed by atoms with van der Waals surface area (Å²) in [4.78, 5) is 17.5. The number of nitrogens with two attached hydrogens (primary N) is 1. The lowest BCUT2D eigenvalue weighted by Gasteiger charge is -2.22. The lowest BCUT2D eigenvalue weighted by molar-refractivity contribution is -0.131. The first-order chi connectivity index (χ1) is 7.58. The van der Waals surface area contributed by atoms with Gasteiger partial charge in [0.15, 0.2) is 0 Å². The van der Waals surface area contributed by atoms with Crippen molar-refractivity contribution in [2.75, 3.05) is 24.1 Å². The molecule has 1 aromatic heterocycles. The largest absolute Gasteiger partial charge is 0.368 e. The maximum absolute atomic E-state index is 11.9. The van der Waals surface area contributed by atoms with Crippen molar-refractivity contribution in [1.82, 2.24) is 20.1 Å². The molecule has 0 saturated heterocycles. The molecular weight excluding hydrogens is 208 g/mol. The van der Waals surface area contributed by atoms with Crippen LogP contribution in [-0.4, -0.2) is 45.1 Å². The van der Waals surface area contributed by atoms with E-state index in [1.54, 1.807) is 11.8 Å². The molecule has 0 aliphatic heterocycles. The topological polar surface area (TPSA) is 99.9 Å². The summed E-state index contributed by atoms with van der Waals surface area (Å²) in [5.41, 5.74) is 5.38. The molecule has 1 heterocycles. The molecule has 7 heteroatoms. The van der Waals surface area contributed by atoms with Gasteiger partial charge < -0.3 is 16.0 Å². The predicted octanol–water partition coefficient (Wildman–Crippen LogP) is 0.0557. The molecule has 16 heavy (non-hydrogen) atoms. The van der Waals surface area contributed by atoms with Gasteiger partial charge >= 0.3 is 0 Å². The average molecular weight is 226 g/mol. The first-order valence-electron chi connectivity index (χ1n) is 5.31. The number of anilines is 2. The monoisotopic (exact) mass is 226 g/mol. The summed E-state index contributed by atoms with van der Waals surface area (Å²) in [5.74, 6) is 0.587. The fourth-order valence-corrected chi connectivity index (χ4v) is 1.40. The third kappa shape index (κ3) is 2.85. The number of amides is 1. The number of likely N-dealkylation sites (N-methyl/N-ethyl adjacent to an activating group) is 1. The Morgan fingerprint density at radius 1 is 1.56 bits per heavy atom. The van der Waals surface area contributed by atoms with Gasteiger partial charge in [0.2, 0.25) is 17.8 Å². The molecule has 1 aromatic rings. The van der Waals surface area contributed by atoms with E-state index in [9.17, 15) is 4.79 Å². The van der Waals surface area contributed by atoms with E-state index in [0.29, 0.717) is 19.0 Å². The molecule has 1 unspecified atom stereocenters. The molecule has 0 aromatic carbocycles. The molecule has 0 radical (unpaired) electrons. The molecule has 0 spiro atoms. The smallest absolute Gasteiger partial charge is 0.244 e. The van der Waals surface area contributed by atoms with Gasteiger partial charge in [-0.15, -0.1) is 5.10 Å². The van der Waals surface area contributed by atoms with Crippen LogP contribution in [0, 0.1) is 0 Å². The van der Waals surface area contributed by atoms with Crippen LogP contribution in [0.2, 0.25) is 0 Å². The molecule has 0 saturated carbocycles. The van der Waals surface area contributed by atoms with Crippen LogP contribution in [0.25, 0.3) is 0 Å². The fourth-order valence-electron chi connectivity index (χ4n) is 1.40. The lowest BCUT2D eigenvalue weighted by atomic mass is 10.3. The number of H-pyrrole nitrogens is 1. The predicted molar refractivity (Wildman–Crippen MR) is 61.8 cm³/mol. The highest BCUT2D eigenvalue weighted by Crippen LogP contribution is 2.04. The van der Waals surface area contributed by atoms with Crippen LogP contribution in [0.15, 0.2) is 0 Å². The Labute approximate surface area is 94.4 Å². The van der Waals surface area contributed by atoms with E-state index >= 15 is 0 Å². The quantitative estimate of drug-likeness (QED) is 0.659. The van der Waals surface area contributed by atoms with E-state index in [4.69, 9.17) is 5.73 Å². The zero-order valence-electron chi connectivity index (χ0n) is 9.82. The van der Waals surface area contributed by atoms with Crippen molar-refractivity contribution in [2.24, 2.45) is 0 Å². The zero-order chi connectivity index (χ0) is 12.1. The number of nitrogen functional groups attached to an aromatic ring is 1. The summed E-state index contributed by atoms with van der Waals surface area (Å²) in [6, 6.07) is -0.366. The van der Waals surface area contributed by atoms with Crippen LogP contribution >= 0.6 is 0 Å². The number of rotatable bonds is 5. The Balaban J connectivity index is 2.57. The minimum absolute atomic E-state index is 0.0216. The van der Waals surface area contributed by atoms with Crippen LogP contribution in [-0.2, 0) is 4.79 Å². The second kappa shape index (κ2) is 5.34. The number of hydrogen-bond donors (Lipinski definition) is 3. The molecule has 7 nitrogen and oxygen atoms in total. The van der Waals surface area contributed by atoms with Crippen LogP contribution < -0.4 is 11.1 Å². The van der Waals surface area contributed by atoms with Gasteiger partial charge in [-0.3, -0.25) is 4.79 Å². The summed E-state index contributed by atoms with van der Waals surface area (Å²) >= 11 is 0. The van der Waals surface area contributed by atoms with Gasteiger partial charge in [0.25, 0.3) is 0 Å². The van der Waals surface area contributed by atoms with Gasteiger partial charge in [-0.25, -0.2) is 5.10 Å². The normalized spacial score (nSPS) is 12.2. The Morgan fingerprint density at radius 3 is 2.62 bits per heavy atom. The number of carbonyl (C=O) groups excluding carboxylic acids is 1. The number of nitrogens with one attached hydrogen (secondary N) is 2. The summed E-state index contributed by atoms with van der Waals surface area (Å²) in [5, 5.41) is 9.19. The van der Waals surface area contributed by atoms with Crippen molar-refractivity contribution in [3.63, 3.8) is 0 Å². The first-order valence-corrected chi connectivity index (χ1v) is 5.31. The Hall–Kier alpha value is -1.79. The standard InChI is InChI=1S/C9H18N6O/c1-4-15(5-2)7(16)6(3)11-9-12-8(10)13-14-9/h6H,4-5H2,1-3H3,(H4,10,11,12,13,14). The molecular formula is C9H18N6O. The van der Waals surface area contributed by atoms with Gasteiger partial charge in [-0.05, 0) is 20.8 Å². The van der Waals surface area contributed by atoms with E-state index in [0.717, 1.165) is 0 Å². The third-order valence-corrected chi connectivity index (χ3v) is 2.29. The molecule has 1 rings (SSSR count). The Bertz CT molecular complexity index is 346. The second-order valence-corrected chi connectivity index (χ2v) is 3.42. The van der Waals surface area contributed by atoms with E-state index in [1.807, 2.05) is 13.8 Å². The Morgan fingerprint density at radius 2 is 2.19 bits per heavy atom. The van der Waals surface area contributed by atoms with Crippen LogP contribution in [0.5, 0.6) is 0 Å². The highest BCUT2D eigenvalue weighted by molar-refractivity contribution is 5.83. The summed E-state index contributed by atoms with van der Waals surface area (Å²) in [6.07, 6.45) is 0. The molecule has 1 atom stereocenters. The van der Waals surface area contributed by atoms with Crippen molar-refractivity contribution in [3.8, 4) is 0 Å². The highest BCUT2D eigenvalue weighted by atomic mass is 16.2. The van der Waals surface area contributed by atoms with E-state index in [1.165, 1.54) is 0 Å². The fraction of sp³-hybridized carbons (Fsp3) is 0.667. The molecule has 4 N–H and O–H groups in total. The molecule has 0 bridgehead atoms. The van der Waals surface area contributed by atoms with Gasteiger partial charge in [0.1, 0.15) is 6.04 Å². The summed E-state index contributed by atoms with van der Waals surface area (Å²) in [6.45, 7) is 7.04. The maximum atomic E-state index is 11.9. The number of nitrogens with zero attached hydrogens (tertiary/aromatic N) is 3. The van der Waals surface area contributed by atoms with Crippen LogP contribution in [0.4, 0.5) is 11.9 Å². The third-order valence-electron chi connectivity index (χ3n) is 2.29. The van der Waals surface area contributed by atoms with Gasteiger partial charge in [-0.2, -0.15) is 4.98 Å². The van der Waals surface area contributed by atoms with E-state index in [-0.39, 0.29) is 17.9 Å². The average Bonchev–Trinajstić information content (AvgIpc) is 2.65. The van der Waals surface area contributed by atoms with Gasteiger partial charge in [0.05, 0.1) is 0 Å². The zero-order valence-corrected chi connectivity index (χ0v) is 9.82. The minimum atomic E-state index is -0.366. The summed E-state index contributed by atoms with van der Waals surface area (Å²) < 4.78 is 0. The van der Waals surface area contributed by atoms with Crippen molar-refractivity contribution in [1.29, 1.82) is 0 Å². The maximum Gasteiger partial charge on any atom is 0.244 e. The van der Waals surface area contributed by atoms with Crippen LogP contribution in [0.3, 0.4) is 0 Å². The summed E-state index contributed by atoms with van der Waals surface area (Å²) in [7, 11) is 0. The SMILES string of the molecule is CCN(CC)C(=O)C(C)Nc1n[nH]c(N)n1. The van der Waals surface area contributed by atoms with Gasteiger partial charge in [0, 0.05) is 13.1 Å². The van der Waals surface area contributed by atoms with Crippen molar-refractivity contribution in [2.45, 2.75) is 26.8 Å². The molecule has 0 aliphatic carbocycles. The molecule has 0 aliphatic rings. The number of carbonyl (C=O) groups is 1. The second-order valence-electron chi connectivity index (χ2n) is 3.42. The minimum Gasteiger partial charge on any atom is -0.368 e. The van der Waals surface area contributed by atoms with Crippen molar-refractivity contribution >= 4 is 17.8 Å². The molecule has 1 amide bonds. The number of hydrogen-bond acceptors (Lipinski definition) is 5. The lowest BCUT2D eigenvalue weighted by Crippen LogP contribution is -2.41. The van der Waals surface area contributed by atoms with Gasteiger partial charge in [-0.1, -0.05) is 0 Å². The van der Waals surface area contributed by atoms with E-state index < -0.39 is 0 Å². The molecule has 0 fully saturated rings.